The summed E-state index contributed by atoms with van der Waals surface area (Å²) in [4.78, 5) is 0. The van der Waals surface area contributed by atoms with E-state index in [4.69, 9.17) is 20.9 Å². The summed E-state index contributed by atoms with van der Waals surface area (Å²) in [6, 6.07) is 39.2. The number of rotatable bonds is 6. The first-order valence-corrected chi connectivity index (χ1v) is 11.7. The average Bonchev–Trinajstić information content (AvgIpc) is 2.88. The third kappa shape index (κ3) is 6.13. The van der Waals surface area contributed by atoms with Crippen LogP contribution >= 0.6 is 0 Å². The highest BCUT2D eigenvalue weighted by Crippen LogP contribution is 2.24. The zero-order valence-electron chi connectivity index (χ0n) is 19.7. The van der Waals surface area contributed by atoms with Crippen LogP contribution in [0.4, 0.5) is 11.4 Å². The van der Waals surface area contributed by atoms with Gasteiger partial charge in [0.15, 0.2) is 0 Å². The van der Waals surface area contributed by atoms with Crippen molar-refractivity contribution in [2.45, 2.75) is 0 Å². The quantitative estimate of drug-likeness (QED) is 0.295. The molecule has 0 heterocycles. The second-order valence-electron chi connectivity index (χ2n) is 8.44. The van der Waals surface area contributed by atoms with Crippen molar-refractivity contribution < 1.29 is 9.47 Å². The molecule has 36 heavy (non-hydrogen) atoms. The van der Waals surface area contributed by atoms with Gasteiger partial charge in [-0.1, -0.05) is 60.7 Å². The third-order valence-electron chi connectivity index (χ3n) is 5.55. The molecule has 5 aromatic carbocycles. The Morgan fingerprint density at radius 3 is 1.17 bits per heavy atom. The third-order valence-corrected chi connectivity index (χ3v) is 5.55. The molecule has 0 saturated heterocycles. The second-order valence-corrected chi connectivity index (χ2v) is 8.44. The van der Waals surface area contributed by atoms with Crippen molar-refractivity contribution in [3.8, 4) is 23.0 Å². The highest BCUT2D eigenvalue weighted by Gasteiger charge is 1.99. The Hall–Kier alpha value is -4.96. The Kier molecular flexibility index (Phi) is 6.68. The van der Waals surface area contributed by atoms with Gasteiger partial charge in [-0.15, -0.1) is 0 Å². The summed E-state index contributed by atoms with van der Waals surface area (Å²) in [7, 11) is 0. The Bertz CT molecular complexity index is 1450. The molecule has 0 atom stereocenters. The summed E-state index contributed by atoms with van der Waals surface area (Å²) < 4.78 is 11.7. The van der Waals surface area contributed by atoms with Crippen molar-refractivity contribution >= 4 is 23.5 Å². The molecule has 0 aliphatic heterocycles. The van der Waals surface area contributed by atoms with Crippen LogP contribution in [-0.2, 0) is 0 Å². The van der Waals surface area contributed by atoms with E-state index in [-0.39, 0.29) is 0 Å². The van der Waals surface area contributed by atoms with Gasteiger partial charge in [0.1, 0.15) is 23.0 Å². The van der Waals surface area contributed by atoms with Gasteiger partial charge >= 0.3 is 0 Å². The van der Waals surface area contributed by atoms with Gasteiger partial charge in [-0.2, -0.15) is 0 Å². The standard InChI is InChI=1S/C32H26N2O2/c33-27-3-1-5-31(21-27)35-29-15-11-25(12-16-29)19-23-7-9-24(10-8-23)20-26-13-17-30(18-14-26)36-32-6-2-4-28(34)22-32/h1-22H,33-34H2. The van der Waals surface area contributed by atoms with Gasteiger partial charge in [-0.3, -0.25) is 0 Å². The van der Waals surface area contributed by atoms with Crippen LogP contribution in [0.3, 0.4) is 0 Å². The van der Waals surface area contributed by atoms with Crippen molar-refractivity contribution in [2.75, 3.05) is 11.5 Å². The predicted molar refractivity (Wildman–Crippen MR) is 148 cm³/mol. The maximum Gasteiger partial charge on any atom is 0.129 e. The van der Waals surface area contributed by atoms with Crippen LogP contribution < -0.4 is 31.4 Å². The molecule has 0 bridgehead atoms. The number of nitrogens with two attached hydrogens (primary N) is 2. The molecule has 176 valence electrons. The Morgan fingerprint density at radius 2 is 0.806 bits per heavy atom. The molecule has 0 fully saturated rings. The number of hydrogen-bond acceptors (Lipinski definition) is 4. The van der Waals surface area contributed by atoms with Crippen molar-refractivity contribution in [1.82, 2.24) is 0 Å². The topological polar surface area (TPSA) is 70.5 Å². The monoisotopic (exact) mass is 470 g/mol. The fourth-order valence-electron chi connectivity index (χ4n) is 3.77. The van der Waals surface area contributed by atoms with Gasteiger partial charge in [0.25, 0.3) is 0 Å². The fourth-order valence-corrected chi connectivity index (χ4v) is 3.77. The minimum atomic E-state index is 0.679. The number of ether oxygens (including phenoxy) is 2. The Morgan fingerprint density at radius 1 is 0.417 bits per heavy atom. The van der Waals surface area contributed by atoms with Gasteiger partial charge < -0.3 is 20.9 Å². The summed E-state index contributed by atoms with van der Waals surface area (Å²) >= 11 is 0. The first kappa shape index (κ1) is 22.8. The number of anilines is 2. The maximum absolute atomic E-state index is 5.87. The Labute approximate surface area is 210 Å². The molecule has 4 N–H and O–H groups in total. The van der Waals surface area contributed by atoms with Crippen molar-refractivity contribution in [3.63, 3.8) is 0 Å². The average molecular weight is 471 g/mol. The highest BCUT2D eigenvalue weighted by molar-refractivity contribution is 5.54. The lowest BCUT2D eigenvalue weighted by Crippen LogP contribution is -2.07. The molecule has 0 unspecified atom stereocenters. The smallest absolute Gasteiger partial charge is 0.129 e. The van der Waals surface area contributed by atoms with Crippen LogP contribution in [0.2, 0.25) is 0 Å². The number of benzene rings is 5. The van der Waals surface area contributed by atoms with Crippen LogP contribution in [0.25, 0.3) is 12.2 Å². The van der Waals surface area contributed by atoms with E-state index < -0.39 is 0 Å². The van der Waals surface area contributed by atoms with E-state index in [1.807, 2.05) is 97.1 Å². The predicted octanol–water partition coefficient (Wildman–Crippen LogP) is 6.09. The molecule has 0 spiro atoms. The molecular weight excluding hydrogens is 444 g/mol. The van der Waals surface area contributed by atoms with E-state index in [9.17, 15) is 0 Å². The van der Waals surface area contributed by atoms with E-state index in [1.54, 1.807) is 0 Å². The van der Waals surface area contributed by atoms with E-state index in [1.165, 1.54) is 0 Å². The fraction of sp³-hybridized carbons (Fsp3) is 0. The summed E-state index contributed by atoms with van der Waals surface area (Å²) in [6.07, 6.45) is 4.27. The lowest BCUT2D eigenvalue weighted by molar-refractivity contribution is 0.482. The molecule has 4 nitrogen and oxygen atoms in total. The molecule has 0 saturated carbocycles. The van der Waals surface area contributed by atoms with Crippen LogP contribution in [0.1, 0.15) is 11.1 Å². The molecule has 0 aliphatic carbocycles. The van der Waals surface area contributed by atoms with E-state index in [0.717, 1.165) is 44.6 Å². The second kappa shape index (κ2) is 10.5. The molecule has 4 heteroatoms. The first-order valence-electron chi connectivity index (χ1n) is 11.7. The van der Waals surface area contributed by atoms with Crippen molar-refractivity contribution in [1.29, 1.82) is 0 Å². The van der Waals surface area contributed by atoms with Gasteiger partial charge in [0, 0.05) is 23.5 Å². The molecule has 5 aromatic rings. The van der Waals surface area contributed by atoms with Gasteiger partial charge in [-0.25, -0.2) is 0 Å². The van der Waals surface area contributed by atoms with E-state index in [0.29, 0.717) is 11.4 Å². The summed E-state index contributed by atoms with van der Waals surface area (Å²) in [6.45, 7) is 0. The highest BCUT2D eigenvalue weighted by atomic mass is 16.5. The zero-order valence-corrected chi connectivity index (χ0v) is 19.7. The lowest BCUT2D eigenvalue weighted by Gasteiger charge is -2.06. The van der Waals surface area contributed by atoms with Crippen LogP contribution in [-0.4, -0.2) is 0 Å². The van der Waals surface area contributed by atoms with Gasteiger partial charge in [-0.05, 0) is 82.2 Å². The van der Waals surface area contributed by atoms with Gasteiger partial charge in [0.2, 0.25) is 0 Å². The minimum absolute atomic E-state index is 0.679. The van der Waals surface area contributed by atoms with Crippen LogP contribution in [0.5, 0.6) is 23.0 Å². The zero-order chi connectivity index (χ0) is 24.7. The summed E-state index contributed by atoms with van der Waals surface area (Å²) in [5, 5.41) is 2.25. The molecule has 0 amide bonds. The molecule has 0 aliphatic rings. The first-order chi connectivity index (χ1) is 17.6. The maximum atomic E-state index is 5.87. The van der Waals surface area contributed by atoms with Crippen molar-refractivity contribution in [3.05, 3.63) is 143 Å². The Balaban J connectivity index is 1.25. The van der Waals surface area contributed by atoms with Crippen LogP contribution in [0.15, 0.2) is 121 Å². The van der Waals surface area contributed by atoms with E-state index >= 15 is 0 Å². The summed E-state index contributed by atoms with van der Waals surface area (Å²) in [5.74, 6) is 2.99. The molecule has 0 radical (unpaired) electrons. The largest absolute Gasteiger partial charge is 0.457 e. The summed E-state index contributed by atoms with van der Waals surface area (Å²) in [5.41, 5.74) is 15.2. The van der Waals surface area contributed by atoms with Crippen LogP contribution in [0, 0.1) is 0 Å². The minimum Gasteiger partial charge on any atom is -0.457 e. The molecular formula is C32H26N2O2. The van der Waals surface area contributed by atoms with E-state index in [2.05, 4.69) is 36.4 Å². The van der Waals surface area contributed by atoms with Crippen molar-refractivity contribution in [2.24, 2.45) is 0 Å². The number of hydrogen-bond donors (Lipinski definition) is 2. The molecule has 5 rings (SSSR count). The lowest BCUT2D eigenvalue weighted by atomic mass is 10.1. The van der Waals surface area contributed by atoms with Gasteiger partial charge in [0.05, 0.1) is 0 Å². The number of nitrogen functional groups attached to an aromatic ring is 2. The molecule has 0 aromatic heterocycles. The SMILES string of the molecule is Nc1cccc(Oc2ccc(C=c3ccc(=Cc4ccc(Oc5cccc(N)c5)cc4)cc3)cc2)c1. The normalized spacial score (nSPS) is 10.4.